The normalized spacial score (nSPS) is 12.1. The van der Waals surface area contributed by atoms with Crippen LogP contribution in [0, 0.1) is 10.1 Å². The Labute approximate surface area is 113 Å². The fourth-order valence-electron chi connectivity index (χ4n) is 1.47. The van der Waals surface area contributed by atoms with Gasteiger partial charge in [-0.2, -0.15) is 13.2 Å². The third kappa shape index (κ3) is 4.39. The number of alkyl halides is 6. The molecule has 0 radical (unpaired) electrons. The van der Waals surface area contributed by atoms with E-state index < -0.39 is 40.2 Å². The van der Waals surface area contributed by atoms with Crippen molar-refractivity contribution in [3.8, 4) is 11.5 Å². The summed E-state index contributed by atoms with van der Waals surface area (Å²) in [4.78, 5) is 9.19. The Hall–Kier alpha value is -2.20. The fraction of sp³-hybridized carbons (Fsp3) is 0.400. The number of ether oxygens (including phenoxy) is 2. The first-order valence-electron chi connectivity index (χ1n) is 5.24. The van der Waals surface area contributed by atoms with Gasteiger partial charge in [0.15, 0.2) is 5.56 Å². The van der Waals surface area contributed by atoms with Crippen molar-refractivity contribution in [2.75, 3.05) is 6.61 Å². The Morgan fingerprint density at radius 1 is 1.19 bits per heavy atom. The Bertz CT molecular complexity index is 540. The van der Waals surface area contributed by atoms with Crippen molar-refractivity contribution in [3.05, 3.63) is 27.8 Å². The molecule has 0 atom stereocenters. The molecule has 0 spiro atoms. The number of benzene rings is 1. The number of rotatable bonds is 4. The molecular weight excluding hydrogens is 312 g/mol. The van der Waals surface area contributed by atoms with Gasteiger partial charge in [0.05, 0.1) is 17.6 Å². The van der Waals surface area contributed by atoms with Gasteiger partial charge in [-0.3, -0.25) is 10.1 Å². The van der Waals surface area contributed by atoms with E-state index in [0.717, 1.165) is 0 Å². The number of nitrogens with zero attached hydrogens (tertiary/aromatic N) is 1. The first-order valence-corrected chi connectivity index (χ1v) is 5.24. The summed E-state index contributed by atoms with van der Waals surface area (Å²) in [5.74, 6) is -2.29. The second kappa shape index (κ2) is 5.66. The van der Waals surface area contributed by atoms with Crippen LogP contribution < -0.4 is 9.47 Å². The average Bonchev–Trinajstić information content (AvgIpc) is 2.24. The number of nitro benzene ring substituents is 1. The molecule has 5 nitrogen and oxygen atoms in total. The molecule has 0 bridgehead atoms. The predicted molar refractivity (Wildman–Crippen MR) is 56.0 cm³/mol. The van der Waals surface area contributed by atoms with Crippen molar-refractivity contribution >= 4 is 5.69 Å². The summed E-state index contributed by atoms with van der Waals surface area (Å²) in [6.07, 6.45) is -10.4. The highest BCUT2D eigenvalue weighted by atomic mass is 19.4. The Morgan fingerprint density at radius 3 is 2.14 bits per heavy atom. The lowest BCUT2D eigenvalue weighted by Crippen LogP contribution is -2.18. The highest BCUT2D eigenvalue weighted by molar-refractivity contribution is 5.56. The van der Waals surface area contributed by atoms with E-state index in [4.69, 9.17) is 0 Å². The maximum Gasteiger partial charge on any atom is 0.573 e. The topological polar surface area (TPSA) is 61.6 Å². The van der Waals surface area contributed by atoms with Crippen LogP contribution in [-0.4, -0.2) is 17.9 Å². The van der Waals surface area contributed by atoms with Crippen LogP contribution in [0.25, 0.3) is 0 Å². The van der Waals surface area contributed by atoms with Gasteiger partial charge in [-0.1, -0.05) is 0 Å². The summed E-state index contributed by atoms with van der Waals surface area (Å²) in [7, 11) is 0. The molecule has 0 unspecified atom stereocenters. The molecule has 0 fully saturated rings. The molecule has 118 valence electrons. The van der Waals surface area contributed by atoms with Gasteiger partial charge in [0.25, 0.3) is 5.69 Å². The van der Waals surface area contributed by atoms with E-state index in [1.807, 2.05) is 0 Å². The van der Waals surface area contributed by atoms with Gasteiger partial charge in [-0.15, -0.1) is 13.2 Å². The van der Waals surface area contributed by atoms with Crippen molar-refractivity contribution in [1.82, 2.24) is 0 Å². The summed E-state index contributed by atoms with van der Waals surface area (Å²) >= 11 is 0. The maximum atomic E-state index is 12.8. The minimum absolute atomic E-state index is 0.0405. The average molecular weight is 319 g/mol. The first kappa shape index (κ1) is 16.9. The summed E-state index contributed by atoms with van der Waals surface area (Å²) in [5, 5.41) is 10.7. The third-order valence-electron chi connectivity index (χ3n) is 2.07. The van der Waals surface area contributed by atoms with Crippen molar-refractivity contribution < 1.29 is 40.7 Å². The molecule has 0 heterocycles. The van der Waals surface area contributed by atoms with Crippen molar-refractivity contribution in [1.29, 1.82) is 0 Å². The molecule has 0 aromatic heterocycles. The Morgan fingerprint density at radius 2 is 1.76 bits per heavy atom. The molecule has 0 aliphatic carbocycles. The lowest BCUT2D eigenvalue weighted by atomic mass is 10.1. The summed E-state index contributed by atoms with van der Waals surface area (Å²) in [5.41, 5.74) is -3.36. The van der Waals surface area contributed by atoms with Crippen molar-refractivity contribution in [2.24, 2.45) is 0 Å². The molecule has 1 rings (SSSR count). The molecule has 1 aromatic carbocycles. The monoisotopic (exact) mass is 319 g/mol. The summed E-state index contributed by atoms with van der Waals surface area (Å²) in [6.45, 7) is 0.930. The van der Waals surface area contributed by atoms with E-state index in [-0.39, 0.29) is 12.7 Å². The summed E-state index contributed by atoms with van der Waals surface area (Å²) in [6, 6.07) is 0.339. The van der Waals surface area contributed by atoms with Crippen LogP contribution in [0.15, 0.2) is 12.1 Å². The molecule has 21 heavy (non-hydrogen) atoms. The smallest absolute Gasteiger partial charge is 0.493 e. The van der Waals surface area contributed by atoms with Crippen LogP contribution in [0.5, 0.6) is 11.5 Å². The van der Waals surface area contributed by atoms with Gasteiger partial charge in [-0.25, -0.2) is 0 Å². The summed E-state index contributed by atoms with van der Waals surface area (Å²) < 4.78 is 82.6. The molecule has 0 aliphatic heterocycles. The molecule has 1 aromatic rings. The van der Waals surface area contributed by atoms with Crippen LogP contribution >= 0.6 is 0 Å². The van der Waals surface area contributed by atoms with Crippen LogP contribution in [-0.2, 0) is 6.18 Å². The van der Waals surface area contributed by atoms with Crippen LogP contribution in [0.2, 0.25) is 0 Å². The molecular formula is C10H7F6NO4. The highest BCUT2D eigenvalue weighted by Crippen LogP contribution is 2.45. The SMILES string of the molecule is CCOc1cc(OC(F)(F)F)cc([N+](=O)[O-])c1C(F)(F)F. The third-order valence-corrected chi connectivity index (χ3v) is 2.07. The van der Waals surface area contributed by atoms with E-state index >= 15 is 0 Å². The van der Waals surface area contributed by atoms with Gasteiger partial charge in [0.1, 0.15) is 11.5 Å². The second-order valence-corrected chi connectivity index (χ2v) is 3.55. The molecule has 0 aliphatic rings. The Balaban J connectivity index is 3.53. The Kier molecular flexibility index (Phi) is 4.54. The number of halogens is 6. The zero-order valence-corrected chi connectivity index (χ0v) is 10.2. The van der Waals surface area contributed by atoms with Crippen LogP contribution in [0.1, 0.15) is 12.5 Å². The van der Waals surface area contributed by atoms with E-state index in [2.05, 4.69) is 9.47 Å². The molecule has 0 N–H and O–H groups in total. The lowest BCUT2D eigenvalue weighted by molar-refractivity contribution is -0.388. The van der Waals surface area contributed by atoms with Gasteiger partial charge in [0, 0.05) is 6.07 Å². The molecule has 0 saturated heterocycles. The lowest BCUT2D eigenvalue weighted by Gasteiger charge is -2.16. The van der Waals surface area contributed by atoms with Gasteiger partial charge < -0.3 is 9.47 Å². The number of hydrogen-bond donors (Lipinski definition) is 0. The minimum atomic E-state index is -5.21. The number of hydrogen-bond acceptors (Lipinski definition) is 4. The van der Waals surface area contributed by atoms with Crippen molar-refractivity contribution in [2.45, 2.75) is 19.5 Å². The van der Waals surface area contributed by atoms with Crippen LogP contribution in [0.3, 0.4) is 0 Å². The standard InChI is InChI=1S/C10H7F6NO4/c1-2-20-7-4-5(21-10(14,15)16)3-6(17(18)19)8(7)9(11,12)13/h3-4H,2H2,1H3. The van der Waals surface area contributed by atoms with Gasteiger partial charge in [-0.05, 0) is 6.92 Å². The maximum absolute atomic E-state index is 12.8. The quantitative estimate of drug-likeness (QED) is 0.479. The van der Waals surface area contributed by atoms with Crippen LogP contribution in [0.4, 0.5) is 32.0 Å². The van der Waals surface area contributed by atoms with E-state index in [1.54, 1.807) is 0 Å². The minimum Gasteiger partial charge on any atom is -0.493 e. The molecule has 11 heteroatoms. The predicted octanol–water partition coefficient (Wildman–Crippen LogP) is 3.91. The molecule has 0 amide bonds. The van der Waals surface area contributed by atoms with Gasteiger partial charge in [0.2, 0.25) is 0 Å². The van der Waals surface area contributed by atoms with Gasteiger partial charge >= 0.3 is 12.5 Å². The van der Waals surface area contributed by atoms with E-state index in [1.165, 1.54) is 6.92 Å². The fourth-order valence-corrected chi connectivity index (χ4v) is 1.47. The van der Waals surface area contributed by atoms with Crippen molar-refractivity contribution in [3.63, 3.8) is 0 Å². The molecule has 0 saturated carbocycles. The zero-order chi connectivity index (χ0) is 16.4. The largest absolute Gasteiger partial charge is 0.573 e. The van der Waals surface area contributed by atoms with E-state index in [9.17, 15) is 36.5 Å². The second-order valence-electron chi connectivity index (χ2n) is 3.55. The first-order chi connectivity index (χ1) is 9.45. The zero-order valence-electron chi connectivity index (χ0n) is 10.2. The van der Waals surface area contributed by atoms with E-state index in [0.29, 0.717) is 6.07 Å². The highest BCUT2D eigenvalue weighted by Gasteiger charge is 2.43. The number of nitro groups is 1.